The number of aliphatic hydroxyl groups excluding tert-OH is 1. The van der Waals surface area contributed by atoms with Gasteiger partial charge in [-0.15, -0.1) is 0 Å². The van der Waals surface area contributed by atoms with E-state index in [1.807, 2.05) is 13.8 Å². The Hall–Kier alpha value is -1.75. The van der Waals surface area contributed by atoms with Gasteiger partial charge < -0.3 is 21.5 Å². The van der Waals surface area contributed by atoms with Crippen molar-refractivity contribution in [3.63, 3.8) is 0 Å². The number of anilines is 2. The maximum Gasteiger partial charge on any atom is 0.254 e. The van der Waals surface area contributed by atoms with Crippen LogP contribution >= 0.6 is 0 Å². The molecular weight excluding hydrogens is 242 g/mol. The van der Waals surface area contributed by atoms with Crippen molar-refractivity contribution in [1.82, 2.24) is 4.90 Å². The molecule has 5 N–H and O–H groups in total. The first-order valence-corrected chi connectivity index (χ1v) is 6.61. The van der Waals surface area contributed by atoms with E-state index in [-0.39, 0.29) is 18.6 Å². The Morgan fingerprint density at radius 1 is 1.21 bits per heavy atom. The monoisotopic (exact) mass is 265 g/mol. The van der Waals surface area contributed by atoms with E-state index in [0.717, 1.165) is 12.8 Å². The molecule has 19 heavy (non-hydrogen) atoms. The van der Waals surface area contributed by atoms with Crippen molar-refractivity contribution in [2.45, 2.75) is 32.7 Å². The van der Waals surface area contributed by atoms with Crippen molar-refractivity contribution in [2.75, 3.05) is 24.6 Å². The number of nitrogen functional groups attached to an aromatic ring is 2. The molecule has 1 amide bonds. The van der Waals surface area contributed by atoms with Gasteiger partial charge in [-0.2, -0.15) is 0 Å². The third-order valence-electron chi connectivity index (χ3n) is 3.21. The highest BCUT2D eigenvalue weighted by atomic mass is 16.3. The highest BCUT2D eigenvalue weighted by molar-refractivity contribution is 5.96. The fourth-order valence-electron chi connectivity index (χ4n) is 2.25. The average molecular weight is 265 g/mol. The van der Waals surface area contributed by atoms with Crippen LogP contribution in [0.25, 0.3) is 0 Å². The van der Waals surface area contributed by atoms with Crippen molar-refractivity contribution in [3.05, 3.63) is 23.8 Å². The number of benzene rings is 1. The van der Waals surface area contributed by atoms with Crippen LogP contribution in [0.5, 0.6) is 0 Å². The standard InChI is InChI=1S/C14H23N3O2/c1-3-13(4-2)17(5-6-18)14(19)10-7-11(15)9-12(16)8-10/h7-9,13,18H,3-6,15-16H2,1-2H3. The predicted molar refractivity (Wildman–Crippen MR) is 77.8 cm³/mol. The number of rotatable bonds is 6. The molecule has 0 aliphatic carbocycles. The fourth-order valence-corrected chi connectivity index (χ4v) is 2.25. The highest BCUT2D eigenvalue weighted by Crippen LogP contribution is 2.18. The van der Waals surface area contributed by atoms with Gasteiger partial charge in [-0.25, -0.2) is 0 Å². The lowest BCUT2D eigenvalue weighted by atomic mass is 10.1. The van der Waals surface area contributed by atoms with Crippen LogP contribution in [0.2, 0.25) is 0 Å². The molecule has 0 aliphatic rings. The number of amides is 1. The first-order chi connectivity index (χ1) is 9.03. The van der Waals surface area contributed by atoms with Crippen LogP contribution in [-0.4, -0.2) is 35.1 Å². The number of aliphatic hydroxyl groups is 1. The molecule has 0 saturated heterocycles. The maximum absolute atomic E-state index is 12.5. The van der Waals surface area contributed by atoms with Crippen LogP contribution in [0.1, 0.15) is 37.0 Å². The molecule has 5 nitrogen and oxygen atoms in total. The Bertz CT molecular complexity index is 410. The smallest absolute Gasteiger partial charge is 0.254 e. The molecule has 0 radical (unpaired) electrons. The Morgan fingerprint density at radius 2 is 1.74 bits per heavy atom. The summed E-state index contributed by atoms with van der Waals surface area (Å²) in [6.07, 6.45) is 1.69. The van der Waals surface area contributed by atoms with Gasteiger partial charge in [0.1, 0.15) is 0 Å². The van der Waals surface area contributed by atoms with E-state index in [1.165, 1.54) is 0 Å². The van der Waals surface area contributed by atoms with Gasteiger partial charge in [-0.05, 0) is 31.0 Å². The lowest BCUT2D eigenvalue weighted by Crippen LogP contribution is -2.41. The fraction of sp³-hybridized carbons (Fsp3) is 0.500. The Morgan fingerprint density at radius 3 is 2.16 bits per heavy atom. The molecule has 0 heterocycles. The molecule has 0 atom stereocenters. The number of hydrogen-bond acceptors (Lipinski definition) is 4. The topological polar surface area (TPSA) is 92.6 Å². The molecule has 0 unspecified atom stereocenters. The lowest BCUT2D eigenvalue weighted by molar-refractivity contribution is 0.0622. The van der Waals surface area contributed by atoms with Crippen LogP contribution in [0.15, 0.2) is 18.2 Å². The summed E-state index contributed by atoms with van der Waals surface area (Å²) in [5, 5.41) is 9.14. The van der Waals surface area contributed by atoms with Gasteiger partial charge in [-0.3, -0.25) is 4.79 Å². The molecule has 0 aliphatic heterocycles. The van der Waals surface area contributed by atoms with E-state index in [2.05, 4.69) is 0 Å². The van der Waals surface area contributed by atoms with E-state index in [4.69, 9.17) is 16.6 Å². The third-order valence-corrected chi connectivity index (χ3v) is 3.21. The van der Waals surface area contributed by atoms with Crippen molar-refractivity contribution < 1.29 is 9.90 Å². The second kappa shape index (κ2) is 6.99. The van der Waals surface area contributed by atoms with Crippen LogP contribution in [0, 0.1) is 0 Å². The zero-order chi connectivity index (χ0) is 14.4. The van der Waals surface area contributed by atoms with Crippen molar-refractivity contribution in [3.8, 4) is 0 Å². The Kier molecular flexibility index (Phi) is 5.63. The van der Waals surface area contributed by atoms with Crippen LogP contribution in [0.3, 0.4) is 0 Å². The van der Waals surface area contributed by atoms with Crippen molar-refractivity contribution in [1.29, 1.82) is 0 Å². The largest absolute Gasteiger partial charge is 0.399 e. The third kappa shape index (κ3) is 3.86. The van der Waals surface area contributed by atoms with Crippen molar-refractivity contribution in [2.24, 2.45) is 0 Å². The van der Waals surface area contributed by atoms with Crippen LogP contribution < -0.4 is 11.5 Å². The minimum atomic E-state index is -0.137. The molecule has 1 aromatic rings. The molecule has 0 saturated carbocycles. The quantitative estimate of drug-likeness (QED) is 0.679. The molecule has 1 aromatic carbocycles. The number of carbonyl (C=O) groups excluding carboxylic acids is 1. The summed E-state index contributed by atoms with van der Waals surface area (Å²) in [6, 6.07) is 4.96. The SMILES string of the molecule is CCC(CC)N(CCO)C(=O)c1cc(N)cc(N)c1. The molecule has 0 aromatic heterocycles. The molecule has 0 bridgehead atoms. The number of carbonyl (C=O) groups is 1. The van der Waals surface area contributed by atoms with Gasteiger partial charge in [0.2, 0.25) is 0 Å². The summed E-state index contributed by atoms with van der Waals surface area (Å²) in [4.78, 5) is 14.2. The predicted octanol–water partition coefficient (Wildman–Crippen LogP) is 1.47. The van der Waals surface area contributed by atoms with Gasteiger partial charge in [0, 0.05) is 29.5 Å². The highest BCUT2D eigenvalue weighted by Gasteiger charge is 2.22. The van der Waals surface area contributed by atoms with Crippen molar-refractivity contribution >= 4 is 17.3 Å². The minimum absolute atomic E-state index is 0.0555. The van der Waals surface area contributed by atoms with Gasteiger partial charge in [0.05, 0.1) is 6.61 Å². The molecule has 1 rings (SSSR count). The van der Waals surface area contributed by atoms with Gasteiger partial charge >= 0.3 is 0 Å². The number of nitrogens with zero attached hydrogens (tertiary/aromatic N) is 1. The van der Waals surface area contributed by atoms with Gasteiger partial charge in [-0.1, -0.05) is 13.8 Å². The number of hydrogen-bond donors (Lipinski definition) is 3. The minimum Gasteiger partial charge on any atom is -0.399 e. The molecule has 0 spiro atoms. The second-order valence-electron chi connectivity index (χ2n) is 4.58. The maximum atomic E-state index is 12.5. The Balaban J connectivity index is 3.04. The summed E-state index contributed by atoms with van der Waals surface area (Å²) in [7, 11) is 0. The summed E-state index contributed by atoms with van der Waals surface area (Å²) >= 11 is 0. The molecule has 106 valence electrons. The van der Waals surface area contributed by atoms with E-state index < -0.39 is 0 Å². The van der Waals surface area contributed by atoms with Crippen LogP contribution in [0.4, 0.5) is 11.4 Å². The van der Waals surface area contributed by atoms with Crippen LogP contribution in [-0.2, 0) is 0 Å². The van der Waals surface area contributed by atoms with Gasteiger partial charge in [0.15, 0.2) is 0 Å². The average Bonchev–Trinajstić information content (AvgIpc) is 2.37. The van der Waals surface area contributed by atoms with E-state index in [9.17, 15) is 4.79 Å². The van der Waals surface area contributed by atoms with E-state index in [1.54, 1.807) is 23.1 Å². The zero-order valence-corrected chi connectivity index (χ0v) is 11.6. The van der Waals surface area contributed by atoms with Gasteiger partial charge in [0.25, 0.3) is 5.91 Å². The first kappa shape index (κ1) is 15.3. The molecule has 0 fully saturated rings. The Labute approximate surface area is 114 Å². The first-order valence-electron chi connectivity index (χ1n) is 6.61. The van der Waals surface area contributed by atoms with E-state index >= 15 is 0 Å². The number of nitrogens with two attached hydrogens (primary N) is 2. The second-order valence-corrected chi connectivity index (χ2v) is 4.58. The molecule has 5 heteroatoms. The normalized spacial score (nSPS) is 10.7. The lowest BCUT2D eigenvalue weighted by Gasteiger charge is -2.30. The summed E-state index contributed by atoms with van der Waals surface area (Å²) in [5.41, 5.74) is 12.8. The summed E-state index contributed by atoms with van der Waals surface area (Å²) in [6.45, 7) is 4.32. The van der Waals surface area contributed by atoms with E-state index in [0.29, 0.717) is 23.5 Å². The molecular formula is C14H23N3O2. The zero-order valence-electron chi connectivity index (χ0n) is 11.6. The summed E-state index contributed by atoms with van der Waals surface area (Å²) < 4.78 is 0. The summed E-state index contributed by atoms with van der Waals surface area (Å²) in [5.74, 6) is -0.137.